The third-order valence-corrected chi connectivity index (χ3v) is 2.83. The Bertz CT molecular complexity index is 494. The zero-order chi connectivity index (χ0) is 15.1. The number of nitrogens with one attached hydrogen (secondary N) is 1. The van der Waals surface area contributed by atoms with E-state index in [9.17, 15) is 9.59 Å². The lowest BCUT2D eigenvalue weighted by molar-refractivity contribution is -0.124. The van der Waals surface area contributed by atoms with Gasteiger partial charge in [0, 0.05) is 18.2 Å². The molecule has 0 saturated carbocycles. The second-order valence-corrected chi connectivity index (χ2v) is 4.98. The van der Waals surface area contributed by atoms with E-state index in [4.69, 9.17) is 32.7 Å². The fraction of sp³-hybridized carbons (Fsp3) is 0.385. The highest BCUT2D eigenvalue weighted by atomic mass is 35.5. The van der Waals surface area contributed by atoms with Crippen LogP contribution in [0.5, 0.6) is 5.75 Å². The van der Waals surface area contributed by atoms with Crippen LogP contribution in [0.4, 0.5) is 0 Å². The monoisotopic (exact) mass is 319 g/mol. The zero-order valence-corrected chi connectivity index (χ0v) is 12.6. The maximum absolute atomic E-state index is 11.6. The minimum absolute atomic E-state index is 0.137. The molecule has 0 heterocycles. The van der Waals surface area contributed by atoms with Gasteiger partial charge in [0.2, 0.25) is 0 Å². The molecule has 0 aromatic heterocycles. The number of ether oxygens (including phenoxy) is 2. The maximum atomic E-state index is 11.6. The molecule has 1 atom stereocenters. The molecular formula is C13H15Cl2NO4. The lowest BCUT2D eigenvalue weighted by atomic mass is 10.2. The van der Waals surface area contributed by atoms with Gasteiger partial charge in [-0.25, -0.2) is 0 Å². The standard InChI is InChI=1S/C13H15Cl2NO4/c1-8(6-19-2)16-12(18)7-20-13-9(5-17)3-10(14)4-11(13)15/h3-5,8H,6-7H2,1-2H3,(H,16,18). The van der Waals surface area contributed by atoms with Gasteiger partial charge in [0.15, 0.2) is 12.9 Å². The zero-order valence-electron chi connectivity index (χ0n) is 11.1. The summed E-state index contributed by atoms with van der Waals surface area (Å²) in [6.45, 7) is 1.94. The summed E-state index contributed by atoms with van der Waals surface area (Å²) < 4.78 is 10.2. The molecule has 1 amide bonds. The Labute approximate surface area is 127 Å². The summed E-state index contributed by atoms with van der Waals surface area (Å²) >= 11 is 11.7. The number of hydrogen-bond donors (Lipinski definition) is 1. The van der Waals surface area contributed by atoms with E-state index < -0.39 is 0 Å². The first-order valence-corrected chi connectivity index (χ1v) is 6.58. The molecule has 5 nitrogen and oxygen atoms in total. The van der Waals surface area contributed by atoms with E-state index in [2.05, 4.69) is 5.32 Å². The van der Waals surface area contributed by atoms with Crippen molar-refractivity contribution in [3.63, 3.8) is 0 Å². The highest BCUT2D eigenvalue weighted by Gasteiger charge is 2.13. The molecule has 1 rings (SSSR count). The number of benzene rings is 1. The summed E-state index contributed by atoms with van der Waals surface area (Å²) in [6.07, 6.45) is 0.568. The van der Waals surface area contributed by atoms with Crippen molar-refractivity contribution in [3.05, 3.63) is 27.7 Å². The number of halogens is 2. The van der Waals surface area contributed by atoms with Crippen LogP contribution in [0.25, 0.3) is 0 Å². The van der Waals surface area contributed by atoms with Crippen LogP contribution in [0.1, 0.15) is 17.3 Å². The van der Waals surface area contributed by atoms with Gasteiger partial charge in [0.05, 0.1) is 17.2 Å². The van der Waals surface area contributed by atoms with Crippen LogP contribution in [0.15, 0.2) is 12.1 Å². The van der Waals surface area contributed by atoms with Crippen LogP contribution in [0, 0.1) is 0 Å². The van der Waals surface area contributed by atoms with Crippen molar-refractivity contribution in [3.8, 4) is 5.75 Å². The SMILES string of the molecule is COCC(C)NC(=O)COc1c(Cl)cc(Cl)cc1C=O. The Morgan fingerprint density at radius 2 is 2.15 bits per heavy atom. The third-order valence-electron chi connectivity index (χ3n) is 2.34. The molecular weight excluding hydrogens is 305 g/mol. The van der Waals surface area contributed by atoms with E-state index >= 15 is 0 Å². The molecule has 0 aliphatic carbocycles. The van der Waals surface area contributed by atoms with Gasteiger partial charge in [0.25, 0.3) is 5.91 Å². The topological polar surface area (TPSA) is 64.6 Å². The van der Waals surface area contributed by atoms with Gasteiger partial charge in [-0.15, -0.1) is 0 Å². The van der Waals surface area contributed by atoms with Crippen LogP contribution < -0.4 is 10.1 Å². The first kappa shape index (κ1) is 16.8. The highest BCUT2D eigenvalue weighted by molar-refractivity contribution is 6.36. The van der Waals surface area contributed by atoms with Gasteiger partial charge in [-0.3, -0.25) is 9.59 Å². The minimum Gasteiger partial charge on any atom is -0.481 e. The van der Waals surface area contributed by atoms with Crippen molar-refractivity contribution >= 4 is 35.4 Å². The summed E-state index contributed by atoms with van der Waals surface area (Å²) in [5, 5.41) is 3.17. The van der Waals surface area contributed by atoms with E-state index in [0.717, 1.165) is 0 Å². The number of methoxy groups -OCH3 is 1. The average molecular weight is 320 g/mol. The van der Waals surface area contributed by atoms with Gasteiger partial charge in [0.1, 0.15) is 5.75 Å². The predicted molar refractivity (Wildman–Crippen MR) is 76.8 cm³/mol. The van der Waals surface area contributed by atoms with Crippen LogP contribution in [0.2, 0.25) is 10.0 Å². The molecule has 1 unspecified atom stereocenters. The number of rotatable bonds is 7. The molecule has 0 bridgehead atoms. The van der Waals surface area contributed by atoms with Crippen molar-refractivity contribution in [2.75, 3.05) is 20.3 Å². The molecule has 110 valence electrons. The molecule has 1 N–H and O–H groups in total. The van der Waals surface area contributed by atoms with Crippen molar-refractivity contribution in [1.82, 2.24) is 5.32 Å². The Morgan fingerprint density at radius 1 is 1.45 bits per heavy atom. The molecule has 0 saturated heterocycles. The van der Waals surface area contributed by atoms with Crippen LogP contribution >= 0.6 is 23.2 Å². The van der Waals surface area contributed by atoms with E-state index in [-0.39, 0.29) is 34.9 Å². The van der Waals surface area contributed by atoms with Crippen LogP contribution in [0.3, 0.4) is 0 Å². The fourth-order valence-corrected chi connectivity index (χ4v) is 2.13. The predicted octanol–water partition coefficient (Wildman–Crippen LogP) is 2.34. The summed E-state index contributed by atoms with van der Waals surface area (Å²) in [6, 6.07) is 2.72. The molecule has 0 spiro atoms. The van der Waals surface area contributed by atoms with Gasteiger partial charge in [-0.2, -0.15) is 0 Å². The molecule has 20 heavy (non-hydrogen) atoms. The van der Waals surface area contributed by atoms with Gasteiger partial charge >= 0.3 is 0 Å². The molecule has 1 aromatic rings. The number of carbonyl (C=O) groups is 2. The maximum Gasteiger partial charge on any atom is 0.258 e. The Hall–Kier alpha value is -1.30. The number of carbonyl (C=O) groups excluding carboxylic acids is 2. The Kier molecular flexibility index (Phi) is 6.78. The summed E-state index contributed by atoms with van der Waals surface area (Å²) in [7, 11) is 1.54. The van der Waals surface area contributed by atoms with Crippen molar-refractivity contribution in [2.24, 2.45) is 0 Å². The van der Waals surface area contributed by atoms with Crippen molar-refractivity contribution in [2.45, 2.75) is 13.0 Å². The summed E-state index contributed by atoms with van der Waals surface area (Å²) in [4.78, 5) is 22.6. The van der Waals surface area contributed by atoms with Crippen molar-refractivity contribution < 1.29 is 19.1 Å². The quantitative estimate of drug-likeness (QED) is 0.783. The Balaban J connectivity index is 2.66. The molecule has 0 fully saturated rings. The van der Waals surface area contributed by atoms with Gasteiger partial charge in [-0.1, -0.05) is 23.2 Å². The largest absolute Gasteiger partial charge is 0.481 e. The lowest BCUT2D eigenvalue weighted by Crippen LogP contribution is -2.38. The molecule has 0 aliphatic heterocycles. The smallest absolute Gasteiger partial charge is 0.258 e. The highest BCUT2D eigenvalue weighted by Crippen LogP contribution is 2.31. The normalized spacial score (nSPS) is 11.8. The Morgan fingerprint density at radius 3 is 2.75 bits per heavy atom. The van der Waals surface area contributed by atoms with E-state index in [1.165, 1.54) is 12.1 Å². The van der Waals surface area contributed by atoms with E-state index in [1.54, 1.807) is 14.0 Å². The van der Waals surface area contributed by atoms with Crippen molar-refractivity contribution in [1.29, 1.82) is 0 Å². The van der Waals surface area contributed by atoms with Crippen LogP contribution in [-0.2, 0) is 9.53 Å². The number of aldehydes is 1. The number of hydrogen-bond acceptors (Lipinski definition) is 4. The molecule has 0 radical (unpaired) electrons. The van der Waals surface area contributed by atoms with E-state index in [1.807, 2.05) is 0 Å². The summed E-state index contributed by atoms with van der Waals surface area (Å²) in [5.41, 5.74) is 0.195. The molecule has 7 heteroatoms. The second kappa shape index (κ2) is 8.09. The van der Waals surface area contributed by atoms with Gasteiger partial charge < -0.3 is 14.8 Å². The third kappa shape index (κ3) is 5.00. The van der Waals surface area contributed by atoms with E-state index in [0.29, 0.717) is 17.9 Å². The minimum atomic E-state index is -0.336. The molecule has 0 aliphatic rings. The van der Waals surface area contributed by atoms with Crippen LogP contribution in [-0.4, -0.2) is 38.6 Å². The average Bonchev–Trinajstić information content (AvgIpc) is 2.36. The molecule has 1 aromatic carbocycles. The second-order valence-electron chi connectivity index (χ2n) is 4.14. The first-order valence-electron chi connectivity index (χ1n) is 5.83. The first-order chi connectivity index (χ1) is 9.47. The number of amides is 1. The van der Waals surface area contributed by atoms with Gasteiger partial charge in [-0.05, 0) is 19.1 Å². The fourth-order valence-electron chi connectivity index (χ4n) is 1.57. The lowest BCUT2D eigenvalue weighted by Gasteiger charge is -2.14. The summed E-state index contributed by atoms with van der Waals surface area (Å²) in [5.74, 6) is -0.196.